The molecule has 0 radical (unpaired) electrons. The molecule has 6 nitrogen and oxygen atoms in total. The van der Waals surface area contributed by atoms with Crippen molar-refractivity contribution in [1.29, 1.82) is 0 Å². The lowest BCUT2D eigenvalue weighted by molar-refractivity contribution is -0.126. The average molecular weight is 311 g/mol. The molecule has 1 atom stereocenters. The van der Waals surface area contributed by atoms with Crippen molar-refractivity contribution < 1.29 is 13.2 Å². The highest BCUT2D eigenvalue weighted by Gasteiger charge is 2.44. The molecule has 1 aliphatic rings. The van der Waals surface area contributed by atoms with Gasteiger partial charge in [-0.1, -0.05) is 13.0 Å². The predicted octanol–water partition coefficient (Wildman–Crippen LogP) is 0.717. The Kier molecular flexibility index (Phi) is 3.99. The van der Waals surface area contributed by atoms with Gasteiger partial charge in [0.05, 0.1) is 10.3 Å². The van der Waals surface area contributed by atoms with Crippen LogP contribution in [0.3, 0.4) is 0 Å². The Labute approximate surface area is 125 Å². The first-order valence-corrected chi connectivity index (χ1v) is 8.33. The Balaban J connectivity index is 2.41. The fraction of sp³-hybridized carbons (Fsp3) is 0.500. The second-order valence-corrected chi connectivity index (χ2v) is 7.64. The molecule has 1 fully saturated rings. The predicted molar refractivity (Wildman–Crippen MR) is 80.9 cm³/mol. The minimum absolute atomic E-state index is 0.114. The molecule has 1 amide bonds. The molecule has 0 bridgehead atoms. The number of aryl methyl sites for hydroxylation is 1. The van der Waals surface area contributed by atoms with Gasteiger partial charge in [0.25, 0.3) is 0 Å². The van der Waals surface area contributed by atoms with E-state index in [-0.39, 0.29) is 11.4 Å². The van der Waals surface area contributed by atoms with E-state index in [1.807, 2.05) is 6.92 Å². The number of anilines is 1. The summed E-state index contributed by atoms with van der Waals surface area (Å²) in [4.78, 5) is 11.7. The van der Waals surface area contributed by atoms with Crippen LogP contribution in [-0.2, 0) is 21.2 Å². The van der Waals surface area contributed by atoms with Gasteiger partial charge in [-0.2, -0.15) is 4.31 Å². The lowest BCUT2D eigenvalue weighted by Gasteiger charge is -2.22. The molecule has 1 heterocycles. The summed E-state index contributed by atoms with van der Waals surface area (Å²) in [5, 5.41) is 0. The lowest BCUT2D eigenvalue weighted by Crippen LogP contribution is -2.38. The van der Waals surface area contributed by atoms with E-state index in [1.54, 1.807) is 19.1 Å². The maximum absolute atomic E-state index is 12.8. The number of carbonyl (C=O) groups is 1. The van der Waals surface area contributed by atoms with Crippen molar-refractivity contribution in [2.75, 3.05) is 18.8 Å². The van der Waals surface area contributed by atoms with Crippen molar-refractivity contribution in [3.63, 3.8) is 0 Å². The van der Waals surface area contributed by atoms with Crippen LogP contribution >= 0.6 is 0 Å². The van der Waals surface area contributed by atoms with E-state index < -0.39 is 21.3 Å². The monoisotopic (exact) mass is 311 g/mol. The SMILES string of the molecule is CCc1ccc(N)cc1S(=O)(=O)N1CCC(C)(C(N)=O)C1. The number of primary amides is 1. The Hall–Kier alpha value is -1.60. The number of nitrogens with two attached hydrogens (primary N) is 2. The molecule has 0 saturated carbocycles. The Morgan fingerprint density at radius 2 is 2.10 bits per heavy atom. The van der Waals surface area contributed by atoms with Crippen LogP contribution in [0.5, 0.6) is 0 Å². The number of nitrogens with zero attached hydrogens (tertiary/aromatic N) is 1. The van der Waals surface area contributed by atoms with Gasteiger partial charge in [0.15, 0.2) is 0 Å². The molecular formula is C14H21N3O3S. The highest BCUT2D eigenvalue weighted by Crippen LogP contribution is 2.34. The van der Waals surface area contributed by atoms with E-state index >= 15 is 0 Å². The zero-order chi connectivity index (χ0) is 15.8. The summed E-state index contributed by atoms with van der Waals surface area (Å²) < 4.78 is 26.9. The smallest absolute Gasteiger partial charge is 0.243 e. The van der Waals surface area contributed by atoms with E-state index in [4.69, 9.17) is 11.5 Å². The van der Waals surface area contributed by atoms with Crippen LogP contribution in [0.2, 0.25) is 0 Å². The summed E-state index contributed by atoms with van der Waals surface area (Å²) in [5.41, 5.74) is 11.4. The number of hydrogen-bond donors (Lipinski definition) is 2. The minimum atomic E-state index is -3.66. The summed E-state index contributed by atoms with van der Waals surface area (Å²) >= 11 is 0. The summed E-state index contributed by atoms with van der Waals surface area (Å²) in [6, 6.07) is 4.90. The number of carbonyl (C=O) groups excluding carboxylic acids is 1. The lowest BCUT2D eigenvalue weighted by atomic mass is 9.89. The van der Waals surface area contributed by atoms with Crippen LogP contribution in [0.4, 0.5) is 5.69 Å². The van der Waals surface area contributed by atoms with Gasteiger partial charge in [-0.15, -0.1) is 0 Å². The fourth-order valence-electron chi connectivity index (χ4n) is 2.57. The maximum atomic E-state index is 12.8. The number of nitrogen functional groups attached to an aromatic ring is 1. The Morgan fingerprint density at radius 3 is 2.62 bits per heavy atom. The van der Waals surface area contributed by atoms with Crippen LogP contribution < -0.4 is 11.5 Å². The number of sulfonamides is 1. The number of benzene rings is 1. The molecule has 21 heavy (non-hydrogen) atoms. The molecule has 1 saturated heterocycles. The summed E-state index contributed by atoms with van der Waals surface area (Å²) in [6.07, 6.45) is 1.03. The molecular weight excluding hydrogens is 290 g/mol. The van der Waals surface area contributed by atoms with Gasteiger partial charge in [0.2, 0.25) is 15.9 Å². The molecule has 116 valence electrons. The van der Waals surface area contributed by atoms with Gasteiger partial charge < -0.3 is 11.5 Å². The number of rotatable bonds is 4. The molecule has 1 unspecified atom stereocenters. The largest absolute Gasteiger partial charge is 0.399 e. The fourth-order valence-corrected chi connectivity index (χ4v) is 4.46. The standard InChI is InChI=1S/C14H21N3O3S/c1-3-10-4-5-11(15)8-12(10)21(19,20)17-7-6-14(2,9-17)13(16)18/h4-5,8H,3,6-7,9,15H2,1-2H3,(H2,16,18). The van der Waals surface area contributed by atoms with Gasteiger partial charge in [-0.25, -0.2) is 8.42 Å². The van der Waals surface area contributed by atoms with Crippen LogP contribution in [-0.4, -0.2) is 31.7 Å². The first kappa shape index (κ1) is 15.8. The maximum Gasteiger partial charge on any atom is 0.243 e. The third kappa shape index (κ3) is 2.75. The van der Waals surface area contributed by atoms with E-state index in [9.17, 15) is 13.2 Å². The molecule has 0 aliphatic carbocycles. The Morgan fingerprint density at radius 1 is 1.43 bits per heavy atom. The highest BCUT2D eigenvalue weighted by atomic mass is 32.2. The van der Waals surface area contributed by atoms with Gasteiger partial charge in [0.1, 0.15) is 0 Å². The molecule has 1 aromatic rings. The molecule has 0 spiro atoms. The third-order valence-electron chi connectivity index (χ3n) is 4.12. The van der Waals surface area contributed by atoms with Crippen molar-refractivity contribution >= 4 is 21.6 Å². The minimum Gasteiger partial charge on any atom is -0.399 e. The van der Waals surface area contributed by atoms with Gasteiger partial charge in [-0.05, 0) is 37.5 Å². The summed E-state index contributed by atoms with van der Waals surface area (Å²) in [7, 11) is -3.66. The average Bonchev–Trinajstić information content (AvgIpc) is 2.83. The number of amides is 1. The molecule has 2 rings (SSSR count). The molecule has 1 aromatic carbocycles. The zero-order valence-electron chi connectivity index (χ0n) is 12.3. The van der Waals surface area contributed by atoms with Crippen molar-refractivity contribution in [2.24, 2.45) is 11.1 Å². The molecule has 7 heteroatoms. The quantitative estimate of drug-likeness (QED) is 0.799. The summed E-state index contributed by atoms with van der Waals surface area (Å²) in [5.74, 6) is -0.469. The van der Waals surface area contributed by atoms with E-state index in [1.165, 1.54) is 10.4 Å². The third-order valence-corrected chi connectivity index (χ3v) is 6.05. The van der Waals surface area contributed by atoms with Gasteiger partial charge >= 0.3 is 0 Å². The van der Waals surface area contributed by atoms with Crippen LogP contribution in [0, 0.1) is 5.41 Å². The van der Waals surface area contributed by atoms with Crippen LogP contribution in [0.15, 0.2) is 23.1 Å². The normalized spacial score (nSPS) is 23.3. The molecule has 4 N–H and O–H groups in total. The van der Waals surface area contributed by atoms with Gasteiger partial charge in [0, 0.05) is 18.8 Å². The first-order valence-electron chi connectivity index (χ1n) is 6.89. The van der Waals surface area contributed by atoms with Crippen molar-refractivity contribution in [1.82, 2.24) is 4.31 Å². The second-order valence-electron chi connectivity index (χ2n) is 5.73. The van der Waals surface area contributed by atoms with Crippen molar-refractivity contribution in [3.8, 4) is 0 Å². The van der Waals surface area contributed by atoms with Crippen molar-refractivity contribution in [2.45, 2.75) is 31.6 Å². The topological polar surface area (TPSA) is 106 Å². The first-order chi connectivity index (χ1) is 9.70. The Bertz CT molecular complexity index is 672. The molecule has 0 aromatic heterocycles. The van der Waals surface area contributed by atoms with E-state index in [0.29, 0.717) is 25.1 Å². The molecule has 1 aliphatic heterocycles. The van der Waals surface area contributed by atoms with Crippen LogP contribution in [0.25, 0.3) is 0 Å². The van der Waals surface area contributed by atoms with Crippen LogP contribution in [0.1, 0.15) is 25.8 Å². The summed E-state index contributed by atoms with van der Waals surface area (Å²) in [6.45, 7) is 4.00. The van der Waals surface area contributed by atoms with E-state index in [2.05, 4.69) is 0 Å². The number of hydrogen-bond acceptors (Lipinski definition) is 4. The van der Waals surface area contributed by atoms with E-state index in [0.717, 1.165) is 5.56 Å². The highest BCUT2D eigenvalue weighted by molar-refractivity contribution is 7.89. The van der Waals surface area contributed by atoms with Crippen molar-refractivity contribution in [3.05, 3.63) is 23.8 Å². The zero-order valence-corrected chi connectivity index (χ0v) is 13.1. The second kappa shape index (κ2) is 5.31. The van der Waals surface area contributed by atoms with Gasteiger partial charge in [-0.3, -0.25) is 4.79 Å².